The molecule has 1 aromatic heterocycles. The average Bonchev–Trinajstić information content (AvgIpc) is 2.82. The van der Waals surface area contributed by atoms with Crippen molar-refractivity contribution in [2.24, 2.45) is 0 Å². The highest BCUT2D eigenvalue weighted by Gasteiger charge is 2.06. The molecule has 0 saturated heterocycles. The quantitative estimate of drug-likeness (QED) is 0.661. The number of hydrogen-bond donors (Lipinski definition) is 0. The van der Waals surface area contributed by atoms with Crippen LogP contribution in [-0.4, -0.2) is 21.0 Å². The van der Waals surface area contributed by atoms with Gasteiger partial charge in [0.25, 0.3) is 0 Å². The van der Waals surface area contributed by atoms with E-state index < -0.39 is 5.97 Å². The van der Waals surface area contributed by atoms with Gasteiger partial charge in [-0.05, 0) is 29.8 Å². The summed E-state index contributed by atoms with van der Waals surface area (Å²) < 4.78 is 1.66. The molecule has 3 aromatic rings. The third-order valence-electron chi connectivity index (χ3n) is 2.68. The largest absolute Gasteiger partial charge is 0.545 e. The minimum absolute atomic E-state index is 0.0996. The number of hydrogen-bond acceptors (Lipinski definition) is 4. The number of carbonyl (C=O) groups excluding carboxylic acids is 1. The van der Waals surface area contributed by atoms with E-state index in [1.54, 1.807) is 10.7 Å². The zero-order chi connectivity index (χ0) is 12.5. The van der Waals surface area contributed by atoms with Crippen LogP contribution in [0.3, 0.4) is 0 Å². The summed E-state index contributed by atoms with van der Waals surface area (Å²) in [5, 5.41) is 18.7. The van der Waals surface area contributed by atoms with Crippen LogP contribution in [0.5, 0.6) is 0 Å². The van der Waals surface area contributed by atoms with Gasteiger partial charge in [-0.3, -0.25) is 0 Å². The van der Waals surface area contributed by atoms with Crippen LogP contribution in [0.4, 0.5) is 0 Å². The molecule has 0 aliphatic rings. The standard InChI is InChI=1S/C13H9N3O2/c17-13(18)9-6-7-12-11(8-9)14-15-16(12)10-4-2-1-3-5-10/h1-8H,(H,17,18)/p-1. The van der Waals surface area contributed by atoms with Gasteiger partial charge in [-0.15, -0.1) is 5.10 Å². The fourth-order valence-corrected chi connectivity index (χ4v) is 1.81. The fourth-order valence-electron chi connectivity index (χ4n) is 1.81. The summed E-state index contributed by atoms with van der Waals surface area (Å²) in [4.78, 5) is 10.8. The van der Waals surface area contributed by atoms with Gasteiger partial charge in [-0.2, -0.15) is 0 Å². The van der Waals surface area contributed by atoms with Gasteiger partial charge in [-0.1, -0.05) is 29.5 Å². The summed E-state index contributed by atoms with van der Waals surface area (Å²) in [7, 11) is 0. The molecule has 0 radical (unpaired) electrons. The number of aromatic nitrogens is 3. The maximum Gasteiger partial charge on any atom is 0.114 e. The Morgan fingerprint density at radius 2 is 1.89 bits per heavy atom. The van der Waals surface area contributed by atoms with E-state index in [0.717, 1.165) is 11.2 Å². The second kappa shape index (κ2) is 3.96. The maximum atomic E-state index is 10.8. The Balaban J connectivity index is 2.19. The van der Waals surface area contributed by atoms with Gasteiger partial charge in [-0.25, -0.2) is 4.68 Å². The van der Waals surface area contributed by atoms with Crippen LogP contribution in [0.2, 0.25) is 0 Å². The Morgan fingerprint density at radius 3 is 2.61 bits per heavy atom. The molecule has 18 heavy (non-hydrogen) atoms. The van der Waals surface area contributed by atoms with Gasteiger partial charge >= 0.3 is 0 Å². The summed E-state index contributed by atoms with van der Waals surface area (Å²) in [5.74, 6) is -1.22. The Labute approximate surface area is 102 Å². The van der Waals surface area contributed by atoms with Gasteiger partial charge in [0.1, 0.15) is 5.52 Å². The first-order valence-electron chi connectivity index (χ1n) is 5.38. The number of carbonyl (C=O) groups is 1. The third kappa shape index (κ3) is 1.62. The van der Waals surface area contributed by atoms with E-state index in [4.69, 9.17) is 0 Å². The van der Waals surface area contributed by atoms with Crippen molar-refractivity contribution in [3.63, 3.8) is 0 Å². The highest BCUT2D eigenvalue weighted by Crippen LogP contribution is 2.17. The summed E-state index contributed by atoms with van der Waals surface area (Å²) >= 11 is 0. The lowest BCUT2D eigenvalue weighted by molar-refractivity contribution is -0.255. The highest BCUT2D eigenvalue weighted by molar-refractivity contribution is 5.91. The molecular weight excluding hydrogens is 230 g/mol. The number of nitrogens with zero attached hydrogens (tertiary/aromatic N) is 3. The zero-order valence-electron chi connectivity index (χ0n) is 9.28. The SMILES string of the molecule is O=C([O-])c1ccc2c(c1)nnn2-c1ccccc1. The van der Waals surface area contributed by atoms with Crippen molar-refractivity contribution >= 4 is 17.0 Å². The third-order valence-corrected chi connectivity index (χ3v) is 2.68. The first-order chi connectivity index (χ1) is 8.75. The lowest BCUT2D eigenvalue weighted by atomic mass is 10.2. The first kappa shape index (κ1) is 10.5. The molecule has 0 amide bonds. The van der Waals surface area contributed by atoms with Crippen molar-refractivity contribution in [1.82, 2.24) is 15.0 Å². The first-order valence-corrected chi connectivity index (χ1v) is 5.38. The summed E-state index contributed by atoms with van der Waals surface area (Å²) in [6.07, 6.45) is 0. The van der Waals surface area contributed by atoms with E-state index in [1.807, 2.05) is 30.3 Å². The number of carboxylic acid groups (broad SMARTS) is 1. The van der Waals surface area contributed by atoms with Gasteiger partial charge in [0, 0.05) is 0 Å². The normalized spacial score (nSPS) is 10.7. The van der Waals surface area contributed by atoms with Crippen molar-refractivity contribution in [2.45, 2.75) is 0 Å². The van der Waals surface area contributed by atoms with E-state index >= 15 is 0 Å². The lowest BCUT2D eigenvalue weighted by Gasteiger charge is -2.03. The van der Waals surface area contributed by atoms with E-state index in [0.29, 0.717) is 5.52 Å². The van der Waals surface area contributed by atoms with Crippen molar-refractivity contribution in [3.8, 4) is 5.69 Å². The minimum atomic E-state index is -1.22. The van der Waals surface area contributed by atoms with Crippen LogP contribution in [0, 0.1) is 0 Å². The van der Waals surface area contributed by atoms with Gasteiger partial charge in [0.15, 0.2) is 0 Å². The molecular formula is C13H8N3O2-. The van der Waals surface area contributed by atoms with Crippen LogP contribution < -0.4 is 5.11 Å². The maximum absolute atomic E-state index is 10.8. The highest BCUT2D eigenvalue weighted by atomic mass is 16.4. The molecule has 0 aliphatic heterocycles. The summed E-state index contributed by atoms with van der Waals surface area (Å²) in [6, 6.07) is 14.1. The van der Waals surface area contributed by atoms with Crippen LogP contribution >= 0.6 is 0 Å². The number of benzene rings is 2. The van der Waals surface area contributed by atoms with Gasteiger partial charge < -0.3 is 9.90 Å². The Bertz CT molecular complexity index is 719. The molecule has 0 bridgehead atoms. The molecule has 0 N–H and O–H groups in total. The molecule has 0 unspecified atom stereocenters. The van der Waals surface area contributed by atoms with Crippen molar-refractivity contribution in [2.75, 3.05) is 0 Å². The van der Waals surface area contributed by atoms with Crippen molar-refractivity contribution in [3.05, 3.63) is 54.1 Å². The Kier molecular flexibility index (Phi) is 2.30. The number of carboxylic acids is 1. The van der Waals surface area contributed by atoms with Crippen LogP contribution in [0.1, 0.15) is 10.4 Å². The van der Waals surface area contributed by atoms with Crippen LogP contribution in [0.15, 0.2) is 48.5 Å². The monoisotopic (exact) mass is 238 g/mol. The zero-order valence-corrected chi connectivity index (χ0v) is 9.28. The number of rotatable bonds is 2. The van der Waals surface area contributed by atoms with E-state index in [2.05, 4.69) is 10.3 Å². The smallest absolute Gasteiger partial charge is 0.114 e. The van der Waals surface area contributed by atoms with E-state index in [-0.39, 0.29) is 5.56 Å². The molecule has 5 nitrogen and oxygen atoms in total. The van der Waals surface area contributed by atoms with E-state index in [9.17, 15) is 9.90 Å². The summed E-state index contributed by atoms with van der Waals surface area (Å²) in [6.45, 7) is 0. The second-order valence-corrected chi connectivity index (χ2v) is 3.83. The molecule has 0 fully saturated rings. The Morgan fingerprint density at radius 1 is 1.11 bits per heavy atom. The minimum Gasteiger partial charge on any atom is -0.545 e. The Hall–Kier alpha value is -2.69. The van der Waals surface area contributed by atoms with Crippen molar-refractivity contribution in [1.29, 1.82) is 0 Å². The molecule has 1 heterocycles. The number of fused-ring (bicyclic) bond motifs is 1. The number of para-hydroxylation sites is 1. The lowest BCUT2D eigenvalue weighted by Crippen LogP contribution is -2.21. The second-order valence-electron chi connectivity index (χ2n) is 3.83. The van der Waals surface area contributed by atoms with E-state index in [1.165, 1.54) is 12.1 Å². The molecule has 88 valence electrons. The predicted molar refractivity (Wildman–Crippen MR) is 63.2 cm³/mol. The fraction of sp³-hybridized carbons (Fsp3) is 0. The predicted octanol–water partition coefficient (Wildman–Crippen LogP) is 0.784. The molecule has 3 rings (SSSR count). The topological polar surface area (TPSA) is 70.8 Å². The molecule has 0 saturated carbocycles. The molecule has 0 spiro atoms. The molecule has 0 aliphatic carbocycles. The number of aromatic carboxylic acids is 1. The molecule has 5 heteroatoms. The van der Waals surface area contributed by atoms with Crippen molar-refractivity contribution < 1.29 is 9.90 Å². The average molecular weight is 238 g/mol. The van der Waals surface area contributed by atoms with Gasteiger partial charge in [0.05, 0.1) is 17.2 Å². The molecule has 2 aromatic carbocycles. The van der Waals surface area contributed by atoms with Crippen LogP contribution in [-0.2, 0) is 0 Å². The van der Waals surface area contributed by atoms with Crippen LogP contribution in [0.25, 0.3) is 16.7 Å². The molecule has 0 atom stereocenters. The van der Waals surface area contributed by atoms with Gasteiger partial charge in [0.2, 0.25) is 0 Å². The summed E-state index contributed by atoms with van der Waals surface area (Å²) in [5.41, 5.74) is 2.26.